The quantitative estimate of drug-likeness (QED) is 0.569. The molecule has 0 saturated heterocycles. The number of allylic oxidation sites excluding steroid dienone is 1. The maximum atomic E-state index is 12.1. The molecule has 0 spiro atoms. The van der Waals surface area contributed by atoms with Crippen molar-refractivity contribution in [3.05, 3.63) is 36.4 Å². The molecular weight excluding hydrogens is 260 g/mol. The molecule has 2 N–H and O–H groups in total. The fourth-order valence-electron chi connectivity index (χ4n) is 1.62. The van der Waals surface area contributed by atoms with Crippen molar-refractivity contribution in [1.82, 2.24) is 4.72 Å². The van der Waals surface area contributed by atoms with Gasteiger partial charge in [-0.05, 0) is 31.9 Å². The van der Waals surface area contributed by atoms with Gasteiger partial charge < -0.3 is 5.32 Å². The van der Waals surface area contributed by atoms with Crippen LogP contribution >= 0.6 is 0 Å². The second-order valence-corrected chi connectivity index (χ2v) is 5.91. The molecule has 0 fully saturated rings. The monoisotopic (exact) mass is 282 g/mol. The van der Waals surface area contributed by atoms with Gasteiger partial charge in [0.15, 0.2) is 0 Å². The van der Waals surface area contributed by atoms with Crippen molar-refractivity contribution in [2.75, 3.05) is 18.4 Å². The summed E-state index contributed by atoms with van der Waals surface area (Å²) in [4.78, 5) is 0.309. The number of hydrogen-bond donors (Lipinski definition) is 2. The van der Waals surface area contributed by atoms with E-state index >= 15 is 0 Å². The Kier molecular flexibility index (Phi) is 6.59. The van der Waals surface area contributed by atoms with E-state index in [9.17, 15) is 8.42 Å². The van der Waals surface area contributed by atoms with Gasteiger partial charge in [0.1, 0.15) is 4.90 Å². The van der Waals surface area contributed by atoms with Crippen molar-refractivity contribution in [1.29, 1.82) is 0 Å². The van der Waals surface area contributed by atoms with E-state index in [1.807, 2.05) is 32.1 Å². The van der Waals surface area contributed by atoms with Crippen LogP contribution in [0.25, 0.3) is 0 Å². The van der Waals surface area contributed by atoms with Gasteiger partial charge in [-0.3, -0.25) is 0 Å². The van der Waals surface area contributed by atoms with Crippen molar-refractivity contribution < 1.29 is 8.42 Å². The third kappa shape index (κ3) is 5.04. The van der Waals surface area contributed by atoms with Gasteiger partial charge in [0.2, 0.25) is 10.0 Å². The fraction of sp³-hybridized carbons (Fsp3) is 0.429. The third-order valence-corrected chi connectivity index (χ3v) is 4.10. The van der Waals surface area contributed by atoms with Crippen LogP contribution in [0.3, 0.4) is 0 Å². The summed E-state index contributed by atoms with van der Waals surface area (Å²) in [6, 6.07) is 6.97. The van der Waals surface area contributed by atoms with Gasteiger partial charge in [-0.15, -0.1) is 0 Å². The Hall–Kier alpha value is -1.33. The van der Waals surface area contributed by atoms with Gasteiger partial charge in [-0.2, -0.15) is 0 Å². The highest BCUT2D eigenvalue weighted by atomic mass is 32.2. The normalized spacial score (nSPS) is 11.9. The zero-order chi connectivity index (χ0) is 14.1. The van der Waals surface area contributed by atoms with Crippen LogP contribution in [-0.4, -0.2) is 21.5 Å². The molecule has 1 aromatic carbocycles. The number of hydrogen-bond acceptors (Lipinski definition) is 3. The molecule has 0 bridgehead atoms. The van der Waals surface area contributed by atoms with Crippen LogP contribution in [0.4, 0.5) is 5.69 Å². The minimum Gasteiger partial charge on any atom is -0.384 e. The summed E-state index contributed by atoms with van der Waals surface area (Å²) in [6.45, 7) is 5.07. The maximum Gasteiger partial charge on any atom is 0.242 e. The number of nitrogens with one attached hydrogen (secondary N) is 2. The molecule has 0 radical (unpaired) electrons. The number of benzene rings is 1. The summed E-state index contributed by atoms with van der Waals surface area (Å²) in [5.41, 5.74) is 0.649. The summed E-state index contributed by atoms with van der Waals surface area (Å²) in [5, 5.41) is 3.16. The van der Waals surface area contributed by atoms with Crippen LogP contribution < -0.4 is 10.0 Å². The molecule has 106 valence electrons. The molecule has 0 unspecified atom stereocenters. The standard InChI is InChI=1S/C14H22N2O2S/c1-3-5-8-12-15-13-9-6-7-10-14(13)19(17,18)16-11-4-2/h3,5-7,9-10,15-16H,4,8,11-12H2,1-2H3/b5-3+. The van der Waals surface area contributed by atoms with Gasteiger partial charge >= 0.3 is 0 Å². The summed E-state index contributed by atoms with van der Waals surface area (Å²) < 4.78 is 26.9. The second kappa shape index (κ2) is 7.96. The molecule has 0 saturated carbocycles. The van der Waals surface area contributed by atoms with Gasteiger partial charge in [0, 0.05) is 13.1 Å². The van der Waals surface area contributed by atoms with Gasteiger partial charge in [-0.25, -0.2) is 13.1 Å². The van der Waals surface area contributed by atoms with Crippen LogP contribution in [0, 0.1) is 0 Å². The van der Waals surface area contributed by atoms with Crippen molar-refractivity contribution >= 4 is 15.7 Å². The molecule has 0 amide bonds. The lowest BCUT2D eigenvalue weighted by molar-refractivity contribution is 0.581. The van der Waals surface area contributed by atoms with E-state index in [1.54, 1.807) is 18.2 Å². The molecule has 1 rings (SSSR count). The molecule has 0 atom stereocenters. The number of para-hydroxylation sites is 1. The molecule has 19 heavy (non-hydrogen) atoms. The van der Waals surface area contributed by atoms with E-state index in [0.29, 0.717) is 23.7 Å². The minimum atomic E-state index is -3.43. The van der Waals surface area contributed by atoms with Gasteiger partial charge in [0.25, 0.3) is 0 Å². The largest absolute Gasteiger partial charge is 0.384 e. The molecule has 0 aromatic heterocycles. The minimum absolute atomic E-state index is 0.309. The van der Waals surface area contributed by atoms with Crippen molar-refractivity contribution in [2.45, 2.75) is 31.6 Å². The van der Waals surface area contributed by atoms with Crippen LogP contribution in [-0.2, 0) is 10.0 Å². The van der Waals surface area contributed by atoms with Gasteiger partial charge in [-0.1, -0.05) is 31.2 Å². The number of sulfonamides is 1. The first-order valence-electron chi connectivity index (χ1n) is 6.55. The maximum absolute atomic E-state index is 12.1. The SMILES string of the molecule is C/C=C/CCNc1ccccc1S(=O)(=O)NCCC. The van der Waals surface area contributed by atoms with Crippen LogP contribution in [0.15, 0.2) is 41.3 Å². The highest BCUT2D eigenvalue weighted by Crippen LogP contribution is 2.20. The molecule has 0 aliphatic carbocycles. The first kappa shape index (κ1) is 15.7. The van der Waals surface area contributed by atoms with Gasteiger partial charge in [0.05, 0.1) is 5.69 Å². The van der Waals surface area contributed by atoms with Crippen LogP contribution in [0.5, 0.6) is 0 Å². The zero-order valence-electron chi connectivity index (χ0n) is 11.5. The van der Waals surface area contributed by atoms with E-state index in [2.05, 4.69) is 10.0 Å². The molecule has 0 aliphatic heterocycles. The third-order valence-electron chi connectivity index (χ3n) is 2.58. The van der Waals surface area contributed by atoms with E-state index in [4.69, 9.17) is 0 Å². The summed E-state index contributed by atoms with van der Waals surface area (Å²) in [6.07, 6.45) is 5.66. The molecule has 4 nitrogen and oxygen atoms in total. The van der Waals surface area contributed by atoms with E-state index in [0.717, 1.165) is 12.8 Å². The van der Waals surface area contributed by atoms with E-state index in [-0.39, 0.29) is 0 Å². The average molecular weight is 282 g/mol. The lowest BCUT2D eigenvalue weighted by Crippen LogP contribution is -2.25. The zero-order valence-corrected chi connectivity index (χ0v) is 12.3. The fourth-order valence-corrected chi connectivity index (χ4v) is 2.93. The summed E-state index contributed by atoms with van der Waals surface area (Å²) in [7, 11) is -3.43. The van der Waals surface area contributed by atoms with E-state index in [1.165, 1.54) is 0 Å². The first-order chi connectivity index (χ1) is 9.11. The summed E-state index contributed by atoms with van der Waals surface area (Å²) in [5.74, 6) is 0. The lowest BCUT2D eigenvalue weighted by Gasteiger charge is -2.12. The molecule has 1 aromatic rings. The van der Waals surface area contributed by atoms with Crippen LogP contribution in [0.1, 0.15) is 26.7 Å². The highest BCUT2D eigenvalue weighted by Gasteiger charge is 2.16. The Bertz CT molecular complexity index is 510. The Morgan fingerprint density at radius 2 is 1.95 bits per heavy atom. The second-order valence-electron chi connectivity index (χ2n) is 4.18. The molecular formula is C14H22N2O2S. The average Bonchev–Trinajstić information content (AvgIpc) is 2.42. The molecule has 0 heterocycles. The Morgan fingerprint density at radius 3 is 2.63 bits per heavy atom. The van der Waals surface area contributed by atoms with E-state index < -0.39 is 10.0 Å². The number of rotatable bonds is 8. The first-order valence-corrected chi connectivity index (χ1v) is 8.04. The number of anilines is 1. The Labute approximate surface area is 116 Å². The van der Waals surface area contributed by atoms with Crippen molar-refractivity contribution in [3.8, 4) is 0 Å². The van der Waals surface area contributed by atoms with Crippen LogP contribution in [0.2, 0.25) is 0 Å². The predicted molar refractivity (Wildman–Crippen MR) is 79.8 cm³/mol. The smallest absolute Gasteiger partial charge is 0.242 e. The Morgan fingerprint density at radius 1 is 1.21 bits per heavy atom. The molecule has 0 aliphatic rings. The Balaban J connectivity index is 2.83. The lowest BCUT2D eigenvalue weighted by atomic mass is 10.3. The highest BCUT2D eigenvalue weighted by molar-refractivity contribution is 7.89. The van der Waals surface area contributed by atoms with Crippen molar-refractivity contribution in [3.63, 3.8) is 0 Å². The molecule has 5 heteroatoms. The topological polar surface area (TPSA) is 58.2 Å². The summed E-state index contributed by atoms with van der Waals surface area (Å²) >= 11 is 0. The van der Waals surface area contributed by atoms with Crippen molar-refractivity contribution in [2.24, 2.45) is 0 Å². The predicted octanol–water partition coefficient (Wildman–Crippen LogP) is 2.75.